The van der Waals surface area contributed by atoms with Crippen LogP contribution in [-0.2, 0) is 73.7 Å². The number of esters is 1. The van der Waals surface area contributed by atoms with Crippen molar-refractivity contribution in [2.75, 3.05) is 45.3 Å². The molecule has 1 aromatic carbocycles. The zero-order valence-corrected chi connectivity index (χ0v) is 59.0. The average molecular weight is 1400 g/mol. The highest BCUT2D eigenvalue weighted by atomic mass is 16.7. The normalized spacial score (nSPS) is 20.7. The number of benzene rings is 1. The van der Waals surface area contributed by atoms with Gasteiger partial charge in [0.2, 0.25) is 11.8 Å². The smallest absolute Gasteiger partial charge is 0.407 e. The van der Waals surface area contributed by atoms with Gasteiger partial charge in [0.25, 0.3) is 0 Å². The predicted octanol–water partition coefficient (Wildman–Crippen LogP) is 7.20. The minimum Gasteiger partial charge on any atom is -0.460 e. The summed E-state index contributed by atoms with van der Waals surface area (Å²) >= 11 is 0. The molecule has 0 radical (unpaired) electrons. The highest BCUT2D eigenvalue weighted by Crippen LogP contribution is 2.53. The molecule has 1 saturated heterocycles. The van der Waals surface area contributed by atoms with Crippen LogP contribution in [0.5, 0.6) is 0 Å². The molecule has 5 rings (SSSR count). The van der Waals surface area contributed by atoms with Crippen molar-refractivity contribution in [1.29, 1.82) is 0 Å². The number of primary amides is 1. The van der Waals surface area contributed by atoms with Crippen molar-refractivity contribution in [2.45, 2.75) is 270 Å². The van der Waals surface area contributed by atoms with Crippen LogP contribution in [0.2, 0.25) is 0 Å². The Morgan fingerprint density at radius 1 is 0.808 bits per heavy atom. The first-order valence-corrected chi connectivity index (χ1v) is 35.8. The molecular formula is C69H114N12O18. The van der Waals surface area contributed by atoms with E-state index in [0.29, 0.717) is 74.7 Å². The monoisotopic (exact) mass is 1400 g/mol. The quantitative estimate of drug-likeness (QED) is 0.00779. The molecule has 3 aliphatic rings. The molecule has 13 atom stereocenters. The van der Waals surface area contributed by atoms with E-state index in [9.17, 15) is 63.9 Å². The Kier molecular flexibility index (Phi) is 40.2. The van der Waals surface area contributed by atoms with Crippen LogP contribution in [0.25, 0.3) is 10.4 Å². The lowest BCUT2D eigenvalue weighted by Crippen LogP contribution is -2.60. The highest BCUT2D eigenvalue weighted by molar-refractivity contribution is 5.97. The minimum atomic E-state index is -1.78. The number of unbranched alkanes of at least 4 members (excludes halogenated alkanes) is 12. The zero-order valence-electron chi connectivity index (χ0n) is 59.0. The van der Waals surface area contributed by atoms with Crippen molar-refractivity contribution in [3.8, 4) is 0 Å². The third-order valence-corrected chi connectivity index (χ3v) is 18.5. The van der Waals surface area contributed by atoms with Gasteiger partial charge in [-0.15, -0.1) is 5.10 Å². The van der Waals surface area contributed by atoms with Gasteiger partial charge in [0, 0.05) is 75.8 Å². The summed E-state index contributed by atoms with van der Waals surface area (Å²) in [5.74, 6) is -1.65. The van der Waals surface area contributed by atoms with Gasteiger partial charge < -0.3 is 81.5 Å². The number of anilines is 1. The number of fused-ring (bicyclic) bond motifs is 2. The van der Waals surface area contributed by atoms with Crippen molar-refractivity contribution < 1.29 is 87.6 Å². The Hall–Kier alpha value is -7.05. The highest BCUT2D eigenvalue weighted by Gasteiger charge is 2.51. The lowest BCUT2D eigenvalue weighted by atomic mass is 9.89. The predicted molar refractivity (Wildman–Crippen MR) is 366 cm³/mol. The van der Waals surface area contributed by atoms with E-state index in [-0.39, 0.29) is 68.3 Å². The number of aryl methyl sites for hydroxylation is 2. The van der Waals surface area contributed by atoms with Gasteiger partial charge in [0.05, 0.1) is 43.3 Å². The van der Waals surface area contributed by atoms with Gasteiger partial charge >= 0.3 is 24.2 Å². The van der Waals surface area contributed by atoms with E-state index in [1.54, 1.807) is 45.2 Å². The molecule has 5 unspecified atom stereocenters. The fraction of sp³-hybridized carbons (Fsp3) is 0.768. The lowest BCUT2D eigenvalue weighted by Gasteiger charge is -2.40. The SMILES string of the molecule is CCC(=O)CCCN=[N+]=[N-].CCCCCCCCCCCCCC[C@@H](OC(C)=O)[C@@H](O)[C@H](CO[C@H]1OC(CO)[C@H](O)[C@H](O)C1O)NC(=O)OCc1ccc(NC(=O)[C@H](CCCNC(N)=O)CC(=O)[C@@H](NC(=O)OCC2C3CCc4nnn(CCCCC(=O)NC)c4CCC32)C(C)C)cc1. The first-order valence-electron chi connectivity index (χ1n) is 35.8. The summed E-state index contributed by atoms with van der Waals surface area (Å²) in [4.78, 5) is 104. The molecule has 99 heavy (non-hydrogen) atoms. The van der Waals surface area contributed by atoms with Crippen molar-refractivity contribution in [3.63, 3.8) is 0 Å². The average Bonchev–Trinajstić information content (AvgIpc) is 1.62. The van der Waals surface area contributed by atoms with Gasteiger partial charge in [-0.1, -0.05) is 121 Å². The van der Waals surface area contributed by atoms with E-state index in [2.05, 4.69) is 53.8 Å². The van der Waals surface area contributed by atoms with E-state index in [0.717, 1.165) is 75.6 Å². The first-order chi connectivity index (χ1) is 47.5. The van der Waals surface area contributed by atoms with Crippen LogP contribution in [0.3, 0.4) is 0 Å². The number of carbonyl (C=O) groups is 8. The number of aliphatic hydroxyl groups is 5. The van der Waals surface area contributed by atoms with Crippen molar-refractivity contribution in [1.82, 2.24) is 36.3 Å². The number of ether oxygens (including phenoxy) is 5. The van der Waals surface area contributed by atoms with Crippen molar-refractivity contribution in [2.24, 2.45) is 40.4 Å². The van der Waals surface area contributed by atoms with Gasteiger partial charge in [-0.25, -0.2) is 19.1 Å². The van der Waals surface area contributed by atoms with E-state index in [4.69, 9.17) is 34.9 Å². The second kappa shape index (κ2) is 47.1. The Morgan fingerprint density at radius 3 is 2.08 bits per heavy atom. The summed E-state index contributed by atoms with van der Waals surface area (Å²) in [5, 5.41) is 78.3. The molecule has 2 fully saturated rings. The largest absolute Gasteiger partial charge is 0.460 e. The number of carbonyl (C=O) groups excluding carboxylic acids is 8. The van der Waals surface area contributed by atoms with Crippen LogP contribution >= 0.6 is 0 Å². The molecule has 0 spiro atoms. The number of amides is 6. The summed E-state index contributed by atoms with van der Waals surface area (Å²) in [7, 11) is 1.63. The Labute approximate surface area is 582 Å². The number of alkyl carbamates (subject to hydrolysis) is 2. The Balaban J connectivity index is 0.00000192. The van der Waals surface area contributed by atoms with Crippen LogP contribution in [0, 0.1) is 29.6 Å². The molecular weight excluding hydrogens is 1280 g/mol. The topological polar surface area (TPSA) is 449 Å². The van der Waals surface area contributed by atoms with Gasteiger partial charge in [-0.3, -0.25) is 24.0 Å². The molecule has 30 heteroatoms. The standard InChI is InChI=1S/C63H103N9O17.C6H11N3O/c1-6-7-8-9-10-11-12-13-14-15-16-17-22-51(88-40(4)74)55(77)48(38-85-60-58(80)57(79)56(78)52(35-73)89-60)68-62(83)86-36-41-24-26-43(27-25-41)67-59(81)42(21-20-32-66-61(64)82)34-50(75)54(39(2)3)69-63(84)87-37-46-44-28-30-47-49(31-29-45(44)46)72(71-70-47)33-19-18-23-53(76)65-5;1-2-6(10)4-3-5-8-9-7/h24-27,39,42,44-46,48,51-52,54-58,60,73,77-80H,6-23,28-38H2,1-5H3,(H,65,76)(H,67,81)(H,68,83)(H,69,84)(H3,64,66,82);2-5H2,1H3/t42-,44?,45?,46?,48+,51-,52?,54+,55+,56+,57+,58?,60+;/m1./s1. The number of nitrogens with zero attached hydrogens (tertiary/aromatic N) is 6. The first kappa shape index (κ1) is 84.4. The Bertz CT molecular complexity index is 2810. The van der Waals surface area contributed by atoms with E-state index in [1.165, 1.54) is 51.9 Å². The number of aromatic nitrogens is 3. The molecule has 1 aliphatic heterocycles. The number of ketones is 2. The van der Waals surface area contributed by atoms with Crippen molar-refractivity contribution in [3.05, 3.63) is 51.7 Å². The molecule has 30 nitrogen and oxygen atoms in total. The number of rotatable bonds is 46. The minimum absolute atomic E-state index is 0.0116. The third-order valence-electron chi connectivity index (χ3n) is 18.5. The summed E-state index contributed by atoms with van der Waals surface area (Å²) < 4.78 is 30.0. The molecule has 558 valence electrons. The molecule has 2 aliphatic carbocycles. The zero-order chi connectivity index (χ0) is 72.7. The molecule has 12 N–H and O–H groups in total. The second-order valence-corrected chi connectivity index (χ2v) is 26.5. The molecule has 2 aromatic rings. The van der Waals surface area contributed by atoms with E-state index in [1.807, 2.05) is 11.6 Å². The van der Waals surface area contributed by atoms with Crippen molar-refractivity contribution >= 4 is 53.3 Å². The summed E-state index contributed by atoms with van der Waals surface area (Å²) in [6, 6.07) is 3.26. The number of aliphatic hydroxyl groups excluding tert-OH is 5. The van der Waals surface area contributed by atoms with Crippen LogP contribution in [-0.4, -0.2) is 183 Å². The van der Waals surface area contributed by atoms with Crippen LogP contribution in [0.1, 0.15) is 206 Å². The molecule has 1 aromatic heterocycles. The molecule has 0 bridgehead atoms. The maximum atomic E-state index is 14.0. The second-order valence-electron chi connectivity index (χ2n) is 26.5. The maximum Gasteiger partial charge on any atom is 0.407 e. The number of hydrogen-bond acceptors (Lipinski definition) is 21. The fourth-order valence-corrected chi connectivity index (χ4v) is 12.6. The third kappa shape index (κ3) is 31.6. The number of nitrogens with two attached hydrogens (primary N) is 1. The molecule has 1 saturated carbocycles. The molecule has 2 heterocycles. The van der Waals surface area contributed by atoms with Gasteiger partial charge in [0.15, 0.2) is 12.1 Å². The Morgan fingerprint density at radius 2 is 1.46 bits per heavy atom. The fourth-order valence-electron chi connectivity index (χ4n) is 12.6. The summed E-state index contributed by atoms with van der Waals surface area (Å²) in [5.41, 5.74) is 16.1. The van der Waals surface area contributed by atoms with Gasteiger partial charge in [-0.05, 0) is 118 Å². The summed E-state index contributed by atoms with van der Waals surface area (Å²) in [6.07, 6.45) is 8.29. The van der Waals surface area contributed by atoms with E-state index < -0.39 is 104 Å². The number of hydrogen-bond donors (Lipinski definition) is 11. The van der Waals surface area contributed by atoms with Crippen LogP contribution in [0.15, 0.2) is 29.4 Å². The molecule has 6 amide bonds. The summed E-state index contributed by atoms with van der Waals surface area (Å²) in [6.45, 7) is 8.68. The van der Waals surface area contributed by atoms with E-state index >= 15 is 0 Å². The number of Topliss-reactive ketones (excluding diaryl/α,β-unsaturated/α-hetero) is 2. The van der Waals surface area contributed by atoms with Crippen LogP contribution in [0.4, 0.5) is 20.1 Å². The van der Waals surface area contributed by atoms with Crippen LogP contribution < -0.4 is 32.3 Å². The maximum absolute atomic E-state index is 14.0. The van der Waals surface area contributed by atoms with Gasteiger partial charge in [0.1, 0.15) is 49.0 Å². The number of nitrogens with one attached hydrogen (secondary N) is 5. The lowest BCUT2D eigenvalue weighted by molar-refractivity contribution is -0.303. The number of urea groups is 1. The number of azide groups is 1. The van der Waals surface area contributed by atoms with Gasteiger partial charge in [-0.2, -0.15) is 0 Å².